The summed E-state index contributed by atoms with van der Waals surface area (Å²) < 4.78 is 18.6. The van der Waals surface area contributed by atoms with Crippen LogP contribution in [0.1, 0.15) is 11.1 Å². The lowest BCUT2D eigenvalue weighted by atomic mass is 9.92. The van der Waals surface area contributed by atoms with Crippen LogP contribution in [0.25, 0.3) is 32.7 Å². The highest BCUT2D eigenvalue weighted by Gasteiger charge is 2.34. The number of hydrogen-bond donors (Lipinski definition) is 0. The van der Waals surface area contributed by atoms with E-state index < -0.39 is 7.29 Å². The van der Waals surface area contributed by atoms with E-state index in [9.17, 15) is 0 Å². The fourth-order valence-corrected chi connectivity index (χ4v) is 9.08. The van der Waals surface area contributed by atoms with Gasteiger partial charge in [0.2, 0.25) is 7.29 Å². The summed E-state index contributed by atoms with van der Waals surface area (Å²) in [7, 11) is -3.24. The second-order valence-electron chi connectivity index (χ2n) is 11.3. The average Bonchev–Trinajstić information content (AvgIpc) is 3.06. The molecule has 1 atom stereocenters. The lowest BCUT2D eigenvalue weighted by Crippen LogP contribution is -2.23. The maximum atomic E-state index is 15.6. The second kappa shape index (κ2) is 13.3. The molecule has 0 saturated carbocycles. The number of hydrogen-bond acceptors (Lipinski definition) is 1. The molecule has 4 heteroatoms. The number of anilines is 2. The van der Waals surface area contributed by atoms with Crippen LogP contribution < -0.4 is 9.97 Å². The van der Waals surface area contributed by atoms with Crippen LogP contribution in [-0.4, -0.2) is 6.66 Å². The number of para-hydroxylation sites is 1. The molecular formula is C41H35BrNOP. The summed E-state index contributed by atoms with van der Waals surface area (Å²) >= 11 is 3.66. The molecule has 0 fully saturated rings. The topological polar surface area (TPSA) is 20.3 Å². The minimum Gasteiger partial charge on any atom is -0.295 e. The summed E-state index contributed by atoms with van der Waals surface area (Å²) in [5.74, 6) is 0. The van der Waals surface area contributed by atoms with Crippen molar-refractivity contribution in [2.45, 2.75) is 13.8 Å². The fourth-order valence-electron chi connectivity index (χ4n) is 6.05. The number of halogens is 1. The van der Waals surface area contributed by atoms with Crippen molar-refractivity contribution in [1.29, 1.82) is 0 Å². The van der Waals surface area contributed by atoms with Crippen LogP contribution in [0, 0.1) is 13.8 Å². The van der Waals surface area contributed by atoms with Gasteiger partial charge >= 0.3 is 0 Å². The Bertz CT molecular complexity index is 2070. The number of fused-ring (bicyclic) bond motifs is 2. The molecule has 0 spiro atoms. The van der Waals surface area contributed by atoms with E-state index in [2.05, 4.69) is 119 Å². The highest BCUT2D eigenvalue weighted by molar-refractivity contribution is 9.10. The molecule has 2 nitrogen and oxygen atoms in total. The van der Waals surface area contributed by atoms with Gasteiger partial charge in [-0.25, -0.2) is 0 Å². The van der Waals surface area contributed by atoms with Gasteiger partial charge in [-0.15, -0.1) is 0 Å². The summed E-state index contributed by atoms with van der Waals surface area (Å²) in [5.41, 5.74) is 6.54. The van der Waals surface area contributed by atoms with Crippen molar-refractivity contribution < 1.29 is 4.57 Å². The molecule has 0 aliphatic rings. The molecule has 0 bridgehead atoms. The normalized spacial score (nSPS) is 12.3. The van der Waals surface area contributed by atoms with Gasteiger partial charge in [0.1, 0.15) is 0 Å². The average molecular weight is 669 g/mol. The van der Waals surface area contributed by atoms with Crippen molar-refractivity contribution in [2.75, 3.05) is 11.3 Å². The van der Waals surface area contributed by atoms with E-state index in [1.807, 2.05) is 79.5 Å². The van der Waals surface area contributed by atoms with Gasteiger partial charge in [-0.05, 0) is 76.3 Å². The van der Waals surface area contributed by atoms with Gasteiger partial charge in [0.15, 0.2) is 0 Å². The molecule has 0 amide bonds. The van der Waals surface area contributed by atoms with Crippen molar-refractivity contribution in [3.8, 4) is 11.1 Å². The predicted molar refractivity (Wildman–Crippen MR) is 199 cm³/mol. The Morgan fingerprint density at radius 3 is 1.53 bits per heavy atom. The maximum absolute atomic E-state index is 15.6. The van der Waals surface area contributed by atoms with E-state index in [1.54, 1.807) is 0 Å². The molecule has 7 aromatic rings. The minimum absolute atomic E-state index is 0.881. The van der Waals surface area contributed by atoms with Crippen LogP contribution in [0.4, 0.5) is 11.4 Å². The number of nitrogens with zero attached hydrogens (tertiary/aromatic N) is 1. The van der Waals surface area contributed by atoms with Gasteiger partial charge in [0, 0.05) is 22.1 Å². The maximum Gasteiger partial charge on any atom is 0.203 e. The molecule has 0 aromatic heterocycles. The van der Waals surface area contributed by atoms with E-state index >= 15 is 4.57 Å². The van der Waals surface area contributed by atoms with E-state index in [1.165, 1.54) is 11.1 Å². The van der Waals surface area contributed by atoms with Gasteiger partial charge in [-0.3, -0.25) is 9.24 Å². The molecule has 7 rings (SSSR count). The lowest BCUT2D eigenvalue weighted by Gasteiger charge is -2.34. The zero-order valence-corrected chi connectivity index (χ0v) is 28.2. The highest BCUT2D eigenvalue weighted by Crippen LogP contribution is 2.56. The Kier molecular flexibility index (Phi) is 9.03. The molecule has 45 heavy (non-hydrogen) atoms. The number of benzene rings is 7. The van der Waals surface area contributed by atoms with Gasteiger partial charge in [0.05, 0.1) is 5.69 Å². The van der Waals surface area contributed by atoms with Crippen molar-refractivity contribution in [2.24, 2.45) is 0 Å². The van der Waals surface area contributed by atoms with Crippen molar-refractivity contribution in [1.82, 2.24) is 0 Å². The molecule has 1 unspecified atom stereocenters. The largest absolute Gasteiger partial charge is 0.295 e. The highest BCUT2D eigenvalue weighted by atomic mass is 79.9. The zero-order valence-electron chi connectivity index (χ0n) is 25.7. The van der Waals surface area contributed by atoms with Gasteiger partial charge < -0.3 is 0 Å². The van der Waals surface area contributed by atoms with Gasteiger partial charge in [-0.2, -0.15) is 0 Å². The third kappa shape index (κ3) is 6.25. The van der Waals surface area contributed by atoms with Crippen molar-refractivity contribution in [3.63, 3.8) is 0 Å². The van der Waals surface area contributed by atoms with Crippen LogP contribution >= 0.6 is 23.2 Å². The van der Waals surface area contributed by atoms with Gasteiger partial charge in [0.25, 0.3) is 0 Å². The summed E-state index contributed by atoms with van der Waals surface area (Å²) in [6.45, 7) is 6.07. The number of aryl methyl sites for hydroxylation is 2. The molecule has 0 aliphatic heterocycles. The van der Waals surface area contributed by atoms with E-state index in [0.717, 1.165) is 53.8 Å². The third-order valence-electron chi connectivity index (χ3n) is 8.10. The Labute approximate surface area is 274 Å². The first-order valence-electron chi connectivity index (χ1n) is 15.1. The van der Waals surface area contributed by atoms with Crippen LogP contribution in [0.3, 0.4) is 0 Å². The zero-order chi connectivity index (χ0) is 31.4. The first-order valence-corrected chi connectivity index (χ1v) is 18.0. The van der Waals surface area contributed by atoms with Crippen molar-refractivity contribution in [3.05, 3.63) is 173 Å². The van der Waals surface area contributed by atoms with Crippen LogP contribution in [-0.2, 0) is 4.57 Å². The molecule has 0 aliphatic carbocycles. The summed E-state index contributed by atoms with van der Waals surface area (Å²) in [6, 6.07) is 53.8. The van der Waals surface area contributed by atoms with Crippen LogP contribution in [0.15, 0.2) is 162 Å². The fraction of sp³-hybridized carbons (Fsp3) is 0.0732. The predicted octanol–water partition coefficient (Wildman–Crippen LogP) is 12.1. The summed E-state index contributed by atoms with van der Waals surface area (Å²) in [6.07, 6.45) is 0. The second-order valence-corrected chi connectivity index (χ2v) is 14.8. The third-order valence-corrected chi connectivity index (χ3v) is 11.1. The first-order chi connectivity index (χ1) is 21.9. The van der Waals surface area contributed by atoms with E-state index in [4.69, 9.17) is 0 Å². The summed E-state index contributed by atoms with van der Waals surface area (Å²) in [4.78, 5) is 0. The Morgan fingerprint density at radius 2 is 1.02 bits per heavy atom. The van der Waals surface area contributed by atoms with Gasteiger partial charge in [-0.1, -0.05) is 155 Å². The van der Waals surface area contributed by atoms with Crippen LogP contribution in [0.5, 0.6) is 0 Å². The Hall–Kier alpha value is -4.43. The standard InChI is InChI=1S/C34H27BrNOP.C7H8/c1-24-21-22-26(35)23-32(24)36(27-15-7-4-8-16-27)38(2,37)34-30-19-11-9-17-28(30)33(25-13-5-3-6-14-25)29-18-10-12-20-31(29)34;1-7-5-3-2-4-6-7/h3-23H,1-2H3;2-6H,1H3. The molecule has 0 heterocycles. The Morgan fingerprint density at radius 1 is 0.556 bits per heavy atom. The Balaban J connectivity index is 0.000000452. The number of rotatable bonds is 5. The minimum atomic E-state index is -3.24. The lowest BCUT2D eigenvalue weighted by molar-refractivity contribution is 0.585. The van der Waals surface area contributed by atoms with E-state index in [-0.39, 0.29) is 0 Å². The summed E-state index contributed by atoms with van der Waals surface area (Å²) in [5, 5.41) is 5.13. The van der Waals surface area contributed by atoms with E-state index in [0.29, 0.717) is 0 Å². The molecule has 0 saturated heterocycles. The van der Waals surface area contributed by atoms with Crippen LogP contribution in [0.2, 0.25) is 0 Å². The smallest absolute Gasteiger partial charge is 0.203 e. The molecule has 0 radical (unpaired) electrons. The molecule has 222 valence electrons. The molecular weight excluding hydrogens is 633 g/mol. The quantitative estimate of drug-likeness (QED) is 0.134. The monoisotopic (exact) mass is 667 g/mol. The first kappa shape index (κ1) is 30.6. The molecule has 0 N–H and O–H groups in total. The van der Waals surface area contributed by atoms with Crippen molar-refractivity contribution >= 4 is 61.4 Å². The SMILES string of the molecule is Cc1ccc(Br)cc1N(c1ccccc1)P(C)(=O)c1c2ccccc2c(-c2ccccc2)c2ccccc12.Cc1ccccc1. The molecule has 7 aromatic carbocycles.